The number of hydrogen-bond acceptors (Lipinski definition) is 5. The molecule has 0 fully saturated rings. The van der Waals surface area contributed by atoms with E-state index in [-0.39, 0.29) is 23.2 Å². The highest BCUT2D eigenvalue weighted by atomic mass is 16.6. The standard InChI is InChI=1S/C18H18O5/c1-3-12(2)22-18(21)15-10-9-14(19)11-16(15)23-17(20)13-7-5-4-6-8-13/h4-12,19H,3H2,1-2H3. The van der Waals surface area contributed by atoms with E-state index in [0.29, 0.717) is 12.0 Å². The molecule has 0 aliphatic heterocycles. The number of ether oxygens (including phenoxy) is 2. The van der Waals surface area contributed by atoms with Gasteiger partial charge in [0.1, 0.15) is 17.1 Å². The van der Waals surface area contributed by atoms with Crippen molar-refractivity contribution in [1.82, 2.24) is 0 Å². The van der Waals surface area contributed by atoms with Gasteiger partial charge in [-0.15, -0.1) is 0 Å². The van der Waals surface area contributed by atoms with Crippen molar-refractivity contribution in [2.24, 2.45) is 0 Å². The molecule has 0 heterocycles. The topological polar surface area (TPSA) is 72.8 Å². The lowest BCUT2D eigenvalue weighted by molar-refractivity contribution is 0.0330. The van der Waals surface area contributed by atoms with Gasteiger partial charge >= 0.3 is 11.9 Å². The second-order valence-electron chi connectivity index (χ2n) is 5.06. The number of phenolic OH excluding ortho intramolecular Hbond substituents is 1. The molecule has 0 bridgehead atoms. The Morgan fingerprint density at radius 3 is 2.43 bits per heavy atom. The van der Waals surface area contributed by atoms with Crippen LogP contribution < -0.4 is 4.74 Å². The number of carbonyl (C=O) groups excluding carboxylic acids is 2. The fraction of sp³-hybridized carbons (Fsp3) is 0.222. The molecule has 120 valence electrons. The summed E-state index contributed by atoms with van der Waals surface area (Å²) in [6, 6.07) is 12.3. The molecule has 5 nitrogen and oxygen atoms in total. The molecular weight excluding hydrogens is 296 g/mol. The van der Waals surface area contributed by atoms with Gasteiger partial charge in [0.05, 0.1) is 11.7 Å². The molecule has 1 unspecified atom stereocenters. The van der Waals surface area contributed by atoms with Gasteiger partial charge in [0.2, 0.25) is 0 Å². The van der Waals surface area contributed by atoms with Crippen molar-refractivity contribution < 1.29 is 24.2 Å². The third-order valence-electron chi connectivity index (χ3n) is 3.28. The number of benzene rings is 2. The van der Waals surface area contributed by atoms with E-state index in [0.717, 1.165) is 0 Å². The molecule has 2 rings (SSSR count). The van der Waals surface area contributed by atoms with E-state index in [2.05, 4.69) is 0 Å². The van der Waals surface area contributed by atoms with E-state index in [4.69, 9.17) is 9.47 Å². The lowest BCUT2D eigenvalue weighted by atomic mass is 10.2. The molecule has 2 aromatic rings. The minimum atomic E-state index is -0.617. The summed E-state index contributed by atoms with van der Waals surface area (Å²) >= 11 is 0. The number of rotatable bonds is 5. The van der Waals surface area contributed by atoms with Crippen molar-refractivity contribution >= 4 is 11.9 Å². The van der Waals surface area contributed by atoms with Gasteiger partial charge in [-0.05, 0) is 37.6 Å². The summed E-state index contributed by atoms with van der Waals surface area (Å²) in [5.74, 6) is -1.36. The fourth-order valence-electron chi connectivity index (χ4n) is 1.83. The summed E-state index contributed by atoms with van der Waals surface area (Å²) in [6.45, 7) is 3.67. The van der Waals surface area contributed by atoms with Gasteiger partial charge < -0.3 is 14.6 Å². The van der Waals surface area contributed by atoms with Crippen LogP contribution in [0, 0.1) is 0 Å². The van der Waals surface area contributed by atoms with Crippen LogP contribution in [0.3, 0.4) is 0 Å². The zero-order valence-corrected chi connectivity index (χ0v) is 13.0. The Balaban J connectivity index is 2.25. The van der Waals surface area contributed by atoms with Crippen LogP contribution in [0.5, 0.6) is 11.5 Å². The largest absolute Gasteiger partial charge is 0.508 e. The molecule has 0 aliphatic carbocycles. The average Bonchev–Trinajstić information content (AvgIpc) is 2.55. The normalized spacial score (nSPS) is 11.6. The maximum Gasteiger partial charge on any atom is 0.343 e. The molecule has 0 aromatic heterocycles. The van der Waals surface area contributed by atoms with E-state index in [1.807, 2.05) is 6.92 Å². The van der Waals surface area contributed by atoms with Gasteiger partial charge in [-0.1, -0.05) is 25.1 Å². The molecule has 1 atom stereocenters. The molecular formula is C18H18O5. The summed E-state index contributed by atoms with van der Waals surface area (Å²) in [5.41, 5.74) is 0.435. The molecule has 0 amide bonds. The third-order valence-corrected chi connectivity index (χ3v) is 3.28. The van der Waals surface area contributed by atoms with Crippen molar-refractivity contribution in [2.45, 2.75) is 26.4 Å². The van der Waals surface area contributed by atoms with Gasteiger partial charge in [-0.2, -0.15) is 0 Å². The highest BCUT2D eigenvalue weighted by molar-refractivity contribution is 5.96. The second kappa shape index (κ2) is 7.45. The predicted octanol–water partition coefficient (Wildman–Crippen LogP) is 3.57. The molecule has 0 aliphatic rings. The Morgan fingerprint density at radius 2 is 1.78 bits per heavy atom. The SMILES string of the molecule is CCC(C)OC(=O)c1ccc(O)cc1OC(=O)c1ccccc1. The molecule has 1 N–H and O–H groups in total. The van der Waals surface area contributed by atoms with Crippen molar-refractivity contribution in [3.05, 3.63) is 59.7 Å². The molecule has 0 spiro atoms. The second-order valence-corrected chi connectivity index (χ2v) is 5.06. The monoisotopic (exact) mass is 314 g/mol. The average molecular weight is 314 g/mol. The zero-order chi connectivity index (χ0) is 16.8. The number of esters is 2. The van der Waals surface area contributed by atoms with Crippen molar-refractivity contribution in [3.63, 3.8) is 0 Å². The quantitative estimate of drug-likeness (QED) is 0.674. The first-order valence-electron chi connectivity index (χ1n) is 7.32. The minimum absolute atomic E-state index is 0.0350. The van der Waals surface area contributed by atoms with Gasteiger partial charge in [0.15, 0.2) is 0 Å². The first-order valence-corrected chi connectivity index (χ1v) is 7.32. The molecule has 0 saturated carbocycles. The van der Waals surface area contributed by atoms with Crippen molar-refractivity contribution in [3.8, 4) is 11.5 Å². The first-order chi connectivity index (χ1) is 11.0. The van der Waals surface area contributed by atoms with E-state index in [9.17, 15) is 14.7 Å². The zero-order valence-electron chi connectivity index (χ0n) is 13.0. The lowest BCUT2D eigenvalue weighted by Crippen LogP contribution is -2.16. The predicted molar refractivity (Wildman–Crippen MR) is 84.7 cm³/mol. The Bertz CT molecular complexity index is 694. The minimum Gasteiger partial charge on any atom is -0.508 e. The van der Waals surface area contributed by atoms with Crippen LogP contribution in [-0.2, 0) is 4.74 Å². The Labute approximate surface area is 134 Å². The van der Waals surface area contributed by atoms with Crippen LogP contribution in [0.25, 0.3) is 0 Å². The maximum atomic E-state index is 12.2. The van der Waals surface area contributed by atoms with E-state index >= 15 is 0 Å². The molecule has 0 saturated heterocycles. The lowest BCUT2D eigenvalue weighted by Gasteiger charge is -2.13. The van der Waals surface area contributed by atoms with Gasteiger partial charge in [0, 0.05) is 6.07 Å². The fourth-order valence-corrected chi connectivity index (χ4v) is 1.83. The highest BCUT2D eigenvalue weighted by Crippen LogP contribution is 2.26. The van der Waals surface area contributed by atoms with Crippen LogP contribution >= 0.6 is 0 Å². The van der Waals surface area contributed by atoms with Gasteiger partial charge in [-0.3, -0.25) is 0 Å². The first kappa shape index (κ1) is 16.5. The molecule has 5 heteroatoms. The third kappa shape index (κ3) is 4.32. The number of hydrogen-bond donors (Lipinski definition) is 1. The summed E-state index contributed by atoms with van der Waals surface area (Å²) in [5, 5.41) is 9.59. The summed E-state index contributed by atoms with van der Waals surface area (Å²) < 4.78 is 10.5. The number of phenols is 1. The summed E-state index contributed by atoms with van der Waals surface area (Å²) in [7, 11) is 0. The van der Waals surface area contributed by atoms with Crippen LogP contribution in [0.15, 0.2) is 48.5 Å². The van der Waals surface area contributed by atoms with E-state index in [1.54, 1.807) is 37.3 Å². The smallest absolute Gasteiger partial charge is 0.343 e. The highest BCUT2D eigenvalue weighted by Gasteiger charge is 2.19. The van der Waals surface area contributed by atoms with Gasteiger partial charge in [0.25, 0.3) is 0 Å². The molecule has 0 radical (unpaired) electrons. The van der Waals surface area contributed by atoms with Crippen LogP contribution in [0.1, 0.15) is 41.0 Å². The Kier molecular flexibility index (Phi) is 5.36. The van der Waals surface area contributed by atoms with Crippen LogP contribution in [0.2, 0.25) is 0 Å². The summed E-state index contributed by atoms with van der Waals surface area (Å²) in [6.07, 6.45) is 0.414. The van der Waals surface area contributed by atoms with Crippen molar-refractivity contribution in [2.75, 3.05) is 0 Å². The summed E-state index contributed by atoms with van der Waals surface area (Å²) in [4.78, 5) is 24.3. The maximum absolute atomic E-state index is 12.2. The van der Waals surface area contributed by atoms with Gasteiger partial charge in [-0.25, -0.2) is 9.59 Å². The molecule has 2 aromatic carbocycles. The number of carbonyl (C=O) groups is 2. The van der Waals surface area contributed by atoms with E-state index < -0.39 is 11.9 Å². The van der Waals surface area contributed by atoms with Crippen LogP contribution in [0.4, 0.5) is 0 Å². The van der Waals surface area contributed by atoms with Crippen molar-refractivity contribution in [1.29, 1.82) is 0 Å². The Morgan fingerprint density at radius 1 is 1.09 bits per heavy atom. The number of aromatic hydroxyl groups is 1. The van der Waals surface area contributed by atoms with E-state index in [1.165, 1.54) is 18.2 Å². The van der Waals surface area contributed by atoms with Crippen LogP contribution in [-0.4, -0.2) is 23.1 Å². The Hall–Kier alpha value is -2.82. The molecule has 23 heavy (non-hydrogen) atoms.